The molecule has 4 N–H and O–H groups in total. The van der Waals surface area contributed by atoms with Crippen molar-refractivity contribution < 1.29 is 34.3 Å². The summed E-state index contributed by atoms with van der Waals surface area (Å²) in [6.07, 6.45) is -0.217. The highest BCUT2D eigenvalue weighted by Gasteiger charge is 2.27. The van der Waals surface area contributed by atoms with E-state index in [1.54, 1.807) is 12.1 Å². The summed E-state index contributed by atoms with van der Waals surface area (Å²) in [5, 5.41) is 43.3. The lowest BCUT2D eigenvalue weighted by Gasteiger charge is -2.35. The molecule has 2 aromatic rings. The van der Waals surface area contributed by atoms with Crippen molar-refractivity contribution in [2.24, 2.45) is 0 Å². The van der Waals surface area contributed by atoms with Gasteiger partial charge in [0.05, 0.1) is 31.1 Å². The first-order valence-corrected chi connectivity index (χ1v) is 10.8. The number of carbonyl (C=O) groups is 2. The third-order valence-electron chi connectivity index (χ3n) is 6.19. The van der Waals surface area contributed by atoms with Gasteiger partial charge < -0.3 is 30.1 Å². The van der Waals surface area contributed by atoms with Gasteiger partial charge in [-0.2, -0.15) is 0 Å². The fourth-order valence-electron chi connectivity index (χ4n) is 3.79. The average Bonchev–Trinajstić information content (AvgIpc) is 2.78. The highest BCUT2D eigenvalue weighted by Crippen LogP contribution is 2.21. The normalized spacial score (nSPS) is 12.3. The van der Waals surface area contributed by atoms with E-state index in [0.717, 1.165) is 36.2 Å². The lowest BCUT2D eigenvalue weighted by molar-refractivity contribution is -0.936. The van der Waals surface area contributed by atoms with Crippen molar-refractivity contribution in [2.75, 3.05) is 19.6 Å². The van der Waals surface area contributed by atoms with Gasteiger partial charge in [-0.15, -0.1) is 0 Å². The Balaban J connectivity index is 2.14. The maximum atomic E-state index is 12.7. The Morgan fingerprint density at radius 1 is 1.03 bits per heavy atom. The minimum Gasteiger partial charge on any atom is -0.872 e. The molecular formula is C23H31BN2O6. The summed E-state index contributed by atoms with van der Waals surface area (Å²) in [6, 6.07) is 11.1. The number of rotatable bonds is 11. The quantitative estimate of drug-likeness (QED) is 0.306. The number of hydrogen-bond donors (Lipinski definition) is 4. The molecule has 1 amide bonds. The summed E-state index contributed by atoms with van der Waals surface area (Å²) in [7, 11) is -1.93. The third-order valence-corrected chi connectivity index (χ3v) is 6.19. The Labute approximate surface area is 188 Å². The standard InChI is InChI=1S/C23H31BN2O6/c1-4-26(5-2,6-3)15-16-10-12-17(13-11-16)22(28)25-20(24(31)32)14-18-8-7-9-19(21(18)27)23(29)30/h7-13,20,31-32H,4-6,14-15H2,1-3H3,(H2-,25,27,28,29,30)/t20-/m0/s1. The first-order valence-electron chi connectivity index (χ1n) is 10.8. The van der Waals surface area contributed by atoms with Crippen LogP contribution in [0.2, 0.25) is 0 Å². The maximum absolute atomic E-state index is 12.7. The Morgan fingerprint density at radius 2 is 1.62 bits per heavy atom. The molecule has 0 heterocycles. The van der Waals surface area contributed by atoms with Gasteiger partial charge in [0, 0.05) is 11.1 Å². The van der Waals surface area contributed by atoms with Crippen LogP contribution in [0.25, 0.3) is 0 Å². The summed E-state index contributed by atoms with van der Waals surface area (Å²) >= 11 is 0. The second-order valence-corrected chi connectivity index (χ2v) is 7.94. The van der Waals surface area contributed by atoms with E-state index in [4.69, 9.17) is 5.11 Å². The summed E-state index contributed by atoms with van der Waals surface area (Å²) in [6.45, 7) is 10.4. The van der Waals surface area contributed by atoms with Gasteiger partial charge in [-0.1, -0.05) is 35.6 Å². The van der Waals surface area contributed by atoms with Gasteiger partial charge in [0.15, 0.2) is 0 Å². The molecule has 0 aliphatic rings. The fourth-order valence-corrected chi connectivity index (χ4v) is 3.79. The lowest BCUT2D eigenvalue weighted by atomic mass is 9.75. The Hall–Kier alpha value is -2.88. The van der Waals surface area contributed by atoms with Crippen LogP contribution >= 0.6 is 0 Å². The molecule has 172 valence electrons. The Kier molecular flexibility index (Phi) is 8.83. The van der Waals surface area contributed by atoms with Gasteiger partial charge in [0.25, 0.3) is 5.91 Å². The van der Waals surface area contributed by atoms with Crippen molar-refractivity contribution >= 4 is 19.0 Å². The van der Waals surface area contributed by atoms with Crippen LogP contribution in [-0.2, 0) is 13.0 Å². The summed E-state index contributed by atoms with van der Waals surface area (Å²) in [4.78, 5) is 23.8. The number of nitrogens with one attached hydrogen (secondary N) is 1. The lowest BCUT2D eigenvalue weighted by Crippen LogP contribution is -2.48. The van der Waals surface area contributed by atoms with Crippen LogP contribution < -0.4 is 10.4 Å². The van der Waals surface area contributed by atoms with Crippen LogP contribution in [0, 0.1) is 0 Å². The molecule has 0 saturated carbocycles. The van der Waals surface area contributed by atoms with Crippen molar-refractivity contribution in [3.05, 3.63) is 64.7 Å². The predicted octanol–water partition coefficient (Wildman–Crippen LogP) is 1.19. The zero-order chi connectivity index (χ0) is 23.9. The van der Waals surface area contributed by atoms with Crippen LogP contribution in [0.4, 0.5) is 0 Å². The first kappa shape index (κ1) is 25.4. The molecular weight excluding hydrogens is 411 g/mol. The van der Waals surface area contributed by atoms with Crippen molar-refractivity contribution in [3.8, 4) is 5.75 Å². The van der Waals surface area contributed by atoms with Crippen molar-refractivity contribution in [3.63, 3.8) is 0 Å². The highest BCUT2D eigenvalue weighted by atomic mass is 16.4. The minimum absolute atomic E-state index is 0.0754. The van der Waals surface area contributed by atoms with Crippen LogP contribution in [0.1, 0.15) is 52.6 Å². The highest BCUT2D eigenvalue weighted by molar-refractivity contribution is 6.43. The number of aromatic carboxylic acids is 1. The van der Waals surface area contributed by atoms with Gasteiger partial charge in [-0.3, -0.25) is 4.79 Å². The molecule has 2 aromatic carbocycles. The molecule has 0 aliphatic heterocycles. The van der Waals surface area contributed by atoms with Gasteiger partial charge in [-0.25, -0.2) is 4.79 Å². The SMILES string of the molecule is CC[N+](CC)(CC)Cc1ccc(C(=O)N[C@@H](Cc2cccc(C(=O)O)c2[O-])B(O)O)cc1. The smallest absolute Gasteiger partial charge is 0.475 e. The molecule has 0 radical (unpaired) electrons. The molecule has 2 rings (SSSR count). The second kappa shape index (κ2) is 11.1. The summed E-state index contributed by atoms with van der Waals surface area (Å²) in [5.41, 5.74) is 1.12. The van der Waals surface area contributed by atoms with E-state index in [2.05, 4.69) is 26.1 Å². The maximum Gasteiger partial charge on any atom is 0.475 e. The van der Waals surface area contributed by atoms with Gasteiger partial charge in [-0.05, 0) is 45.4 Å². The molecule has 9 heteroatoms. The summed E-state index contributed by atoms with van der Waals surface area (Å²) in [5.74, 6) is -3.77. The second-order valence-electron chi connectivity index (χ2n) is 7.94. The predicted molar refractivity (Wildman–Crippen MR) is 120 cm³/mol. The molecule has 8 nitrogen and oxygen atoms in total. The monoisotopic (exact) mass is 442 g/mol. The van der Waals surface area contributed by atoms with Crippen LogP contribution in [-0.4, -0.2) is 64.2 Å². The number of carboxylic acid groups (broad SMARTS) is 1. The molecule has 0 unspecified atom stereocenters. The number of benzene rings is 2. The van der Waals surface area contributed by atoms with E-state index >= 15 is 0 Å². The van der Waals surface area contributed by atoms with Gasteiger partial charge >= 0.3 is 13.1 Å². The topological polar surface area (TPSA) is 130 Å². The van der Waals surface area contributed by atoms with Gasteiger partial charge in [0.2, 0.25) is 0 Å². The summed E-state index contributed by atoms with van der Waals surface area (Å²) < 4.78 is 0.942. The number of carboxylic acids is 1. The van der Waals surface area contributed by atoms with E-state index in [1.807, 2.05) is 12.1 Å². The van der Waals surface area contributed by atoms with Crippen LogP contribution in [0.3, 0.4) is 0 Å². The first-order chi connectivity index (χ1) is 15.2. The van der Waals surface area contributed by atoms with E-state index in [1.165, 1.54) is 18.2 Å². The van der Waals surface area contributed by atoms with E-state index in [0.29, 0.717) is 5.56 Å². The van der Waals surface area contributed by atoms with Crippen molar-refractivity contribution in [1.82, 2.24) is 5.32 Å². The molecule has 0 saturated heterocycles. The van der Waals surface area contributed by atoms with Gasteiger partial charge in [0.1, 0.15) is 6.54 Å². The fraction of sp³-hybridized carbons (Fsp3) is 0.391. The third kappa shape index (κ3) is 6.09. The number of carbonyl (C=O) groups excluding carboxylic acids is 1. The molecule has 0 aromatic heterocycles. The number of hydrogen-bond acceptors (Lipinski definition) is 5. The van der Waals surface area contributed by atoms with E-state index < -0.39 is 36.2 Å². The Bertz CT molecular complexity index is 920. The molecule has 0 spiro atoms. The Morgan fingerprint density at radius 3 is 2.12 bits per heavy atom. The number of amides is 1. The largest absolute Gasteiger partial charge is 0.872 e. The molecule has 0 fully saturated rings. The van der Waals surface area contributed by atoms with Crippen molar-refractivity contribution in [2.45, 2.75) is 39.7 Å². The molecule has 32 heavy (non-hydrogen) atoms. The molecule has 0 aliphatic carbocycles. The van der Waals surface area contributed by atoms with E-state index in [-0.39, 0.29) is 12.0 Å². The van der Waals surface area contributed by atoms with Crippen LogP contribution in [0.5, 0.6) is 5.75 Å². The minimum atomic E-state index is -1.93. The number of nitrogens with zero attached hydrogens (tertiary/aromatic N) is 1. The van der Waals surface area contributed by atoms with Crippen molar-refractivity contribution in [1.29, 1.82) is 0 Å². The van der Waals surface area contributed by atoms with Crippen LogP contribution in [0.15, 0.2) is 42.5 Å². The zero-order valence-electron chi connectivity index (χ0n) is 18.7. The molecule has 1 atom stereocenters. The van der Waals surface area contributed by atoms with E-state index in [9.17, 15) is 24.7 Å². The number of para-hydroxylation sites is 1. The average molecular weight is 442 g/mol. The zero-order valence-corrected chi connectivity index (χ0v) is 18.7. The number of quaternary nitrogens is 1. The molecule has 0 bridgehead atoms.